The summed E-state index contributed by atoms with van der Waals surface area (Å²) in [5.74, 6) is -1.09. The average molecular weight is 394 g/mol. The van der Waals surface area contributed by atoms with Crippen molar-refractivity contribution in [1.29, 1.82) is 0 Å². The van der Waals surface area contributed by atoms with E-state index in [-0.39, 0.29) is 18.1 Å². The van der Waals surface area contributed by atoms with Gasteiger partial charge < -0.3 is 10.2 Å². The summed E-state index contributed by atoms with van der Waals surface area (Å²) in [6, 6.07) is 10.7. The normalized spacial score (nSPS) is 23.2. The lowest BCUT2D eigenvalue weighted by molar-refractivity contribution is -0.133. The maximum atomic E-state index is 12.6. The standard InChI is InChI=1S/C21H22N4O4/c26-20(23-17-3-1-2-16(17)21(27)24-28)15-6-4-14(5-7-15)19-12-18(25-29-19)13-8-10-22-11-9-13/h4-11,16-17,19,28H,1-3,12H2,(H,23,26)(H,24,27)/t16-,17+,19?/m0/s1. The van der Waals surface area contributed by atoms with Crippen LogP contribution in [-0.4, -0.2) is 33.8 Å². The summed E-state index contributed by atoms with van der Waals surface area (Å²) in [6.45, 7) is 0. The molecule has 2 aliphatic rings. The van der Waals surface area contributed by atoms with E-state index in [1.807, 2.05) is 24.3 Å². The molecule has 1 aromatic carbocycles. The predicted molar refractivity (Wildman–Crippen MR) is 104 cm³/mol. The molecule has 3 atom stereocenters. The zero-order valence-electron chi connectivity index (χ0n) is 15.7. The molecular weight excluding hydrogens is 372 g/mol. The number of carbonyl (C=O) groups excluding carboxylic acids is 2. The first-order valence-electron chi connectivity index (χ1n) is 9.63. The van der Waals surface area contributed by atoms with Gasteiger partial charge in [-0.1, -0.05) is 23.7 Å². The topological polar surface area (TPSA) is 113 Å². The Morgan fingerprint density at radius 1 is 1.07 bits per heavy atom. The fourth-order valence-corrected chi connectivity index (χ4v) is 3.90. The first kappa shape index (κ1) is 19.1. The van der Waals surface area contributed by atoms with E-state index in [0.717, 1.165) is 23.3 Å². The Morgan fingerprint density at radius 2 is 1.83 bits per heavy atom. The number of amides is 2. The molecule has 150 valence electrons. The highest BCUT2D eigenvalue weighted by Crippen LogP contribution is 2.30. The Balaban J connectivity index is 1.37. The van der Waals surface area contributed by atoms with E-state index in [0.29, 0.717) is 24.8 Å². The lowest BCUT2D eigenvalue weighted by Crippen LogP contribution is -2.43. The van der Waals surface area contributed by atoms with Gasteiger partial charge in [0, 0.05) is 36.0 Å². The number of rotatable bonds is 5. The van der Waals surface area contributed by atoms with E-state index >= 15 is 0 Å². The predicted octanol–water partition coefficient (Wildman–Crippen LogP) is 2.35. The van der Waals surface area contributed by atoms with Gasteiger partial charge in [-0.05, 0) is 42.7 Å². The molecule has 2 amide bonds. The fraction of sp³-hybridized carbons (Fsp3) is 0.333. The second-order valence-electron chi connectivity index (χ2n) is 7.29. The van der Waals surface area contributed by atoms with Crippen molar-refractivity contribution in [1.82, 2.24) is 15.8 Å². The Morgan fingerprint density at radius 3 is 2.55 bits per heavy atom. The van der Waals surface area contributed by atoms with Crippen molar-refractivity contribution in [3.63, 3.8) is 0 Å². The molecule has 1 saturated carbocycles. The highest BCUT2D eigenvalue weighted by molar-refractivity contribution is 6.01. The maximum absolute atomic E-state index is 12.6. The molecule has 8 nitrogen and oxygen atoms in total. The van der Waals surface area contributed by atoms with Gasteiger partial charge in [0.1, 0.15) is 0 Å². The molecule has 0 bridgehead atoms. The van der Waals surface area contributed by atoms with E-state index in [2.05, 4.69) is 15.5 Å². The van der Waals surface area contributed by atoms with Crippen LogP contribution in [-0.2, 0) is 9.63 Å². The van der Waals surface area contributed by atoms with E-state index < -0.39 is 11.8 Å². The van der Waals surface area contributed by atoms with Crippen LogP contribution in [0.1, 0.15) is 53.3 Å². The van der Waals surface area contributed by atoms with Gasteiger partial charge in [0.15, 0.2) is 6.10 Å². The lowest BCUT2D eigenvalue weighted by Gasteiger charge is -2.19. The second-order valence-corrected chi connectivity index (χ2v) is 7.29. The molecule has 1 fully saturated rings. The molecule has 1 aliphatic carbocycles. The highest BCUT2D eigenvalue weighted by Gasteiger charge is 2.34. The number of pyridine rings is 1. The summed E-state index contributed by atoms with van der Waals surface area (Å²) in [5.41, 5.74) is 4.99. The van der Waals surface area contributed by atoms with Crippen molar-refractivity contribution in [3.05, 3.63) is 65.5 Å². The third kappa shape index (κ3) is 4.12. The number of benzene rings is 1. The van der Waals surface area contributed by atoms with Gasteiger partial charge in [0.25, 0.3) is 5.91 Å². The molecule has 8 heteroatoms. The molecule has 1 aromatic heterocycles. The SMILES string of the molecule is O=C(N[C@@H]1CCC[C@@H]1C(=O)NO)c1ccc(C2CC(c3ccncc3)=NO2)cc1. The van der Waals surface area contributed by atoms with Crippen molar-refractivity contribution >= 4 is 17.5 Å². The second kappa shape index (κ2) is 8.40. The number of aromatic nitrogens is 1. The molecule has 4 rings (SSSR count). The number of nitrogens with one attached hydrogen (secondary N) is 2. The molecule has 29 heavy (non-hydrogen) atoms. The maximum Gasteiger partial charge on any atom is 0.251 e. The first-order valence-corrected chi connectivity index (χ1v) is 9.63. The minimum atomic E-state index is -0.452. The van der Waals surface area contributed by atoms with Crippen LogP contribution in [0.3, 0.4) is 0 Å². The summed E-state index contributed by atoms with van der Waals surface area (Å²) >= 11 is 0. The highest BCUT2D eigenvalue weighted by atomic mass is 16.6. The molecule has 3 N–H and O–H groups in total. The summed E-state index contributed by atoms with van der Waals surface area (Å²) in [5, 5.41) is 15.9. The fourth-order valence-electron chi connectivity index (χ4n) is 3.90. The van der Waals surface area contributed by atoms with Crippen molar-refractivity contribution in [2.75, 3.05) is 0 Å². The number of hydrogen-bond acceptors (Lipinski definition) is 6. The van der Waals surface area contributed by atoms with Crippen molar-refractivity contribution < 1.29 is 19.6 Å². The van der Waals surface area contributed by atoms with Crippen molar-refractivity contribution in [3.8, 4) is 0 Å². The van der Waals surface area contributed by atoms with Crippen LogP contribution in [0.25, 0.3) is 0 Å². The van der Waals surface area contributed by atoms with Crippen LogP contribution in [0.2, 0.25) is 0 Å². The number of oxime groups is 1. The smallest absolute Gasteiger partial charge is 0.251 e. The van der Waals surface area contributed by atoms with Gasteiger partial charge in [0.05, 0.1) is 11.6 Å². The molecular formula is C21H22N4O4. The van der Waals surface area contributed by atoms with E-state index in [4.69, 9.17) is 10.0 Å². The molecule has 1 aliphatic heterocycles. The van der Waals surface area contributed by atoms with Gasteiger partial charge in [0.2, 0.25) is 5.91 Å². The van der Waals surface area contributed by atoms with Crippen LogP contribution in [0.4, 0.5) is 0 Å². The number of carbonyl (C=O) groups is 2. The average Bonchev–Trinajstić information content (AvgIpc) is 3.44. The summed E-state index contributed by atoms with van der Waals surface area (Å²) in [6.07, 6.45) is 6.09. The van der Waals surface area contributed by atoms with Crippen LogP contribution < -0.4 is 10.8 Å². The third-order valence-corrected chi connectivity index (χ3v) is 5.51. The van der Waals surface area contributed by atoms with Gasteiger partial charge in [-0.2, -0.15) is 0 Å². The van der Waals surface area contributed by atoms with Crippen LogP contribution in [0.15, 0.2) is 53.9 Å². The summed E-state index contributed by atoms with van der Waals surface area (Å²) < 4.78 is 0. The molecule has 2 heterocycles. The molecule has 0 radical (unpaired) electrons. The minimum absolute atomic E-state index is 0.192. The zero-order chi connectivity index (χ0) is 20.2. The van der Waals surface area contributed by atoms with Crippen LogP contribution in [0, 0.1) is 5.92 Å². The number of hydroxylamine groups is 1. The lowest BCUT2D eigenvalue weighted by atomic mass is 9.99. The Labute approximate surface area is 167 Å². The van der Waals surface area contributed by atoms with E-state index in [9.17, 15) is 9.59 Å². The zero-order valence-corrected chi connectivity index (χ0v) is 15.7. The quantitative estimate of drug-likeness (QED) is 0.532. The summed E-state index contributed by atoms with van der Waals surface area (Å²) in [7, 11) is 0. The van der Waals surface area contributed by atoms with Crippen LogP contribution >= 0.6 is 0 Å². The molecule has 2 aromatic rings. The van der Waals surface area contributed by atoms with E-state index in [1.54, 1.807) is 30.0 Å². The van der Waals surface area contributed by atoms with Gasteiger partial charge in [-0.15, -0.1) is 0 Å². The van der Waals surface area contributed by atoms with Crippen molar-refractivity contribution in [2.45, 2.75) is 37.8 Å². The van der Waals surface area contributed by atoms with E-state index in [1.165, 1.54) is 0 Å². The number of hydrogen-bond donors (Lipinski definition) is 3. The van der Waals surface area contributed by atoms with Gasteiger partial charge in [-0.25, -0.2) is 5.48 Å². The number of nitrogens with zero attached hydrogens (tertiary/aromatic N) is 2. The Kier molecular flexibility index (Phi) is 5.53. The van der Waals surface area contributed by atoms with Gasteiger partial charge in [-0.3, -0.25) is 19.8 Å². The van der Waals surface area contributed by atoms with Crippen LogP contribution in [0.5, 0.6) is 0 Å². The summed E-state index contributed by atoms with van der Waals surface area (Å²) in [4.78, 5) is 33.9. The first-order chi connectivity index (χ1) is 14.2. The molecule has 0 spiro atoms. The Bertz CT molecular complexity index is 914. The third-order valence-electron chi connectivity index (χ3n) is 5.51. The monoisotopic (exact) mass is 394 g/mol. The minimum Gasteiger partial charge on any atom is -0.387 e. The van der Waals surface area contributed by atoms with Gasteiger partial charge >= 0.3 is 0 Å². The van der Waals surface area contributed by atoms with Crippen molar-refractivity contribution in [2.24, 2.45) is 11.1 Å². The molecule has 1 unspecified atom stereocenters. The Hall–Kier alpha value is -3.26. The molecule has 0 saturated heterocycles. The largest absolute Gasteiger partial charge is 0.387 e.